The minimum absolute atomic E-state index is 0.509. The summed E-state index contributed by atoms with van der Waals surface area (Å²) in [4.78, 5) is 13.2. The van der Waals surface area contributed by atoms with Crippen LogP contribution in [-0.2, 0) is 4.74 Å². The van der Waals surface area contributed by atoms with Crippen LogP contribution in [0.2, 0.25) is 0 Å². The number of hydrogen-bond acceptors (Lipinski definition) is 3. The Hall–Kier alpha value is -1.55. The predicted molar refractivity (Wildman–Crippen MR) is 64.7 cm³/mol. The van der Waals surface area contributed by atoms with Gasteiger partial charge in [0.05, 0.1) is 5.69 Å². The zero-order valence-corrected chi connectivity index (χ0v) is 10.3. The highest BCUT2D eigenvalue weighted by Crippen LogP contribution is 2.42. The lowest BCUT2D eigenvalue weighted by Crippen LogP contribution is -2.55. The molecule has 1 N–H and O–H groups in total. The third kappa shape index (κ3) is 1.60. The van der Waals surface area contributed by atoms with Crippen molar-refractivity contribution in [3.63, 3.8) is 0 Å². The predicted octanol–water partition coefficient (Wildman–Crippen LogP) is 2.52. The monoisotopic (exact) mass is 235 g/mol. The Bertz CT molecular complexity index is 430. The quantitative estimate of drug-likeness (QED) is 0.856. The first kappa shape index (κ1) is 11.9. The van der Waals surface area contributed by atoms with Crippen molar-refractivity contribution in [3.05, 3.63) is 30.3 Å². The SMILES string of the molecule is CC[C@]1(C)OC(=O)N(c2ccccc2)[C@]1(C)O. The van der Waals surface area contributed by atoms with Crippen LogP contribution < -0.4 is 4.90 Å². The second-order valence-electron chi connectivity index (χ2n) is 4.64. The number of anilines is 1. The minimum atomic E-state index is -1.35. The lowest BCUT2D eigenvalue weighted by atomic mass is 9.90. The van der Waals surface area contributed by atoms with Gasteiger partial charge in [-0.25, -0.2) is 9.69 Å². The van der Waals surface area contributed by atoms with Gasteiger partial charge in [0.1, 0.15) is 0 Å². The number of ether oxygens (including phenoxy) is 1. The van der Waals surface area contributed by atoms with E-state index in [2.05, 4.69) is 0 Å². The van der Waals surface area contributed by atoms with E-state index in [1.807, 2.05) is 25.1 Å². The zero-order chi connectivity index (χ0) is 12.7. The Kier molecular flexibility index (Phi) is 2.62. The molecule has 1 saturated heterocycles. The van der Waals surface area contributed by atoms with Gasteiger partial charge in [-0.2, -0.15) is 0 Å². The molecule has 0 aliphatic carbocycles. The van der Waals surface area contributed by atoms with Crippen molar-refractivity contribution in [3.8, 4) is 0 Å². The van der Waals surface area contributed by atoms with Crippen molar-refractivity contribution >= 4 is 11.8 Å². The molecule has 1 heterocycles. The molecule has 0 bridgehead atoms. The maximum absolute atomic E-state index is 11.9. The normalized spacial score (nSPS) is 32.7. The van der Waals surface area contributed by atoms with Gasteiger partial charge in [-0.05, 0) is 32.4 Å². The van der Waals surface area contributed by atoms with Crippen LogP contribution in [0, 0.1) is 0 Å². The molecule has 92 valence electrons. The first-order valence-electron chi connectivity index (χ1n) is 5.73. The van der Waals surface area contributed by atoms with E-state index >= 15 is 0 Å². The number of hydrogen-bond donors (Lipinski definition) is 1. The molecular formula is C13H17NO3. The molecule has 1 amide bonds. The molecule has 4 nitrogen and oxygen atoms in total. The van der Waals surface area contributed by atoms with E-state index in [1.54, 1.807) is 26.0 Å². The van der Waals surface area contributed by atoms with Gasteiger partial charge in [0.2, 0.25) is 0 Å². The molecular weight excluding hydrogens is 218 g/mol. The lowest BCUT2D eigenvalue weighted by Gasteiger charge is -2.36. The molecule has 1 fully saturated rings. The molecule has 4 heteroatoms. The van der Waals surface area contributed by atoms with E-state index in [0.717, 1.165) is 0 Å². The number of para-hydroxylation sites is 1. The van der Waals surface area contributed by atoms with Crippen LogP contribution >= 0.6 is 0 Å². The van der Waals surface area contributed by atoms with Crippen LogP contribution in [0.3, 0.4) is 0 Å². The number of nitrogens with zero attached hydrogens (tertiary/aromatic N) is 1. The Morgan fingerprint density at radius 3 is 2.35 bits per heavy atom. The van der Waals surface area contributed by atoms with Crippen LogP contribution in [0.1, 0.15) is 27.2 Å². The summed E-state index contributed by atoms with van der Waals surface area (Å²) >= 11 is 0. The van der Waals surface area contributed by atoms with E-state index < -0.39 is 17.4 Å². The van der Waals surface area contributed by atoms with Gasteiger partial charge in [-0.1, -0.05) is 25.1 Å². The van der Waals surface area contributed by atoms with E-state index in [1.165, 1.54) is 4.90 Å². The fourth-order valence-electron chi connectivity index (χ4n) is 2.09. The standard InChI is InChI=1S/C13H17NO3/c1-4-12(2)13(3,16)14(11(15)17-12)10-8-6-5-7-9-10/h5-9,16H,4H2,1-3H3/t12-,13+/m0/s1. The maximum atomic E-state index is 11.9. The van der Waals surface area contributed by atoms with Gasteiger partial charge < -0.3 is 9.84 Å². The average Bonchev–Trinajstić information content (AvgIpc) is 2.47. The minimum Gasteiger partial charge on any atom is -0.438 e. The summed E-state index contributed by atoms with van der Waals surface area (Å²) in [6, 6.07) is 9.05. The zero-order valence-electron chi connectivity index (χ0n) is 10.3. The molecule has 0 saturated carbocycles. The highest BCUT2D eigenvalue weighted by Gasteiger charge is 2.58. The highest BCUT2D eigenvalue weighted by atomic mass is 16.6. The topological polar surface area (TPSA) is 49.8 Å². The molecule has 0 spiro atoms. The Morgan fingerprint density at radius 1 is 1.29 bits per heavy atom. The van der Waals surface area contributed by atoms with Crippen molar-refractivity contribution in [1.82, 2.24) is 0 Å². The van der Waals surface area contributed by atoms with Gasteiger partial charge in [-0.3, -0.25) is 0 Å². The van der Waals surface area contributed by atoms with Crippen molar-refractivity contribution in [1.29, 1.82) is 0 Å². The summed E-state index contributed by atoms with van der Waals surface area (Å²) < 4.78 is 5.32. The smallest absolute Gasteiger partial charge is 0.417 e. The number of benzene rings is 1. The molecule has 1 aromatic rings. The first-order valence-corrected chi connectivity index (χ1v) is 5.73. The molecule has 0 radical (unpaired) electrons. The second kappa shape index (κ2) is 3.74. The van der Waals surface area contributed by atoms with E-state index in [0.29, 0.717) is 12.1 Å². The molecule has 2 rings (SSSR count). The molecule has 1 aliphatic rings. The van der Waals surface area contributed by atoms with Crippen LogP contribution in [-0.4, -0.2) is 22.5 Å². The van der Waals surface area contributed by atoms with Gasteiger partial charge in [0.15, 0.2) is 11.3 Å². The van der Waals surface area contributed by atoms with E-state index in [9.17, 15) is 9.90 Å². The van der Waals surface area contributed by atoms with Crippen molar-refractivity contribution in [2.45, 2.75) is 38.5 Å². The number of carbonyl (C=O) groups is 1. The maximum Gasteiger partial charge on any atom is 0.417 e. The van der Waals surface area contributed by atoms with Crippen molar-refractivity contribution in [2.75, 3.05) is 4.90 Å². The fourth-order valence-corrected chi connectivity index (χ4v) is 2.09. The summed E-state index contributed by atoms with van der Waals surface area (Å²) in [5, 5.41) is 10.6. The van der Waals surface area contributed by atoms with Crippen molar-refractivity contribution in [2.24, 2.45) is 0 Å². The summed E-state index contributed by atoms with van der Waals surface area (Å²) in [5.41, 5.74) is -1.60. The van der Waals surface area contributed by atoms with Gasteiger partial charge in [0.25, 0.3) is 0 Å². The Morgan fingerprint density at radius 2 is 1.88 bits per heavy atom. The van der Waals surface area contributed by atoms with E-state index in [4.69, 9.17) is 4.74 Å². The van der Waals surface area contributed by atoms with Crippen LogP contribution in [0.25, 0.3) is 0 Å². The summed E-state index contributed by atoms with van der Waals surface area (Å²) in [5.74, 6) is 0. The molecule has 0 aromatic heterocycles. The second-order valence-corrected chi connectivity index (χ2v) is 4.64. The van der Waals surface area contributed by atoms with Gasteiger partial charge in [-0.15, -0.1) is 0 Å². The first-order chi connectivity index (χ1) is 7.92. The largest absolute Gasteiger partial charge is 0.438 e. The number of rotatable bonds is 2. The van der Waals surface area contributed by atoms with Gasteiger partial charge in [0, 0.05) is 0 Å². The molecule has 17 heavy (non-hydrogen) atoms. The Labute approximate surface area is 101 Å². The third-order valence-electron chi connectivity index (χ3n) is 3.62. The van der Waals surface area contributed by atoms with Crippen molar-refractivity contribution < 1.29 is 14.6 Å². The molecule has 1 aliphatic heterocycles. The molecule has 2 atom stereocenters. The molecule has 1 aromatic carbocycles. The summed E-state index contributed by atoms with van der Waals surface area (Å²) in [6.07, 6.45) is 0.0419. The molecule has 0 unspecified atom stereocenters. The number of carbonyl (C=O) groups excluding carboxylic acids is 1. The highest BCUT2D eigenvalue weighted by molar-refractivity contribution is 5.92. The Balaban J connectivity index is 2.46. The van der Waals surface area contributed by atoms with Crippen LogP contribution in [0.15, 0.2) is 30.3 Å². The number of amides is 1. The van der Waals surface area contributed by atoms with Crippen LogP contribution in [0.4, 0.5) is 10.5 Å². The lowest BCUT2D eigenvalue weighted by molar-refractivity contribution is -0.0861. The number of aliphatic hydroxyl groups is 1. The van der Waals surface area contributed by atoms with Crippen LogP contribution in [0.5, 0.6) is 0 Å². The summed E-state index contributed by atoms with van der Waals surface area (Å²) in [7, 11) is 0. The van der Waals surface area contributed by atoms with E-state index in [-0.39, 0.29) is 0 Å². The number of cyclic esters (lactones) is 1. The average molecular weight is 235 g/mol. The summed E-state index contributed by atoms with van der Waals surface area (Å²) in [6.45, 7) is 5.23. The van der Waals surface area contributed by atoms with Gasteiger partial charge >= 0.3 is 6.09 Å². The fraction of sp³-hybridized carbons (Fsp3) is 0.462. The third-order valence-corrected chi connectivity index (χ3v) is 3.62.